The molecule has 1 saturated carbocycles. The van der Waals surface area contributed by atoms with Gasteiger partial charge < -0.3 is 15.8 Å². The van der Waals surface area contributed by atoms with Gasteiger partial charge in [-0.15, -0.1) is 0 Å². The maximum absolute atomic E-state index is 5.70. The summed E-state index contributed by atoms with van der Waals surface area (Å²) in [6.07, 6.45) is 5.17. The van der Waals surface area contributed by atoms with Gasteiger partial charge in [-0.25, -0.2) is 0 Å². The normalized spacial score (nSPS) is 16.6. The van der Waals surface area contributed by atoms with Crippen molar-refractivity contribution in [3.05, 3.63) is 18.2 Å². The minimum Gasteiger partial charge on any atom is -0.495 e. The van der Waals surface area contributed by atoms with Crippen LogP contribution in [0.5, 0.6) is 5.75 Å². The molecule has 3 nitrogen and oxygen atoms in total. The Morgan fingerprint density at radius 3 is 2.73 bits per heavy atom. The summed E-state index contributed by atoms with van der Waals surface area (Å²) in [5.74, 6) is 0.835. The van der Waals surface area contributed by atoms with Crippen molar-refractivity contribution in [3.63, 3.8) is 0 Å². The highest BCUT2D eigenvalue weighted by Crippen LogP contribution is 2.30. The number of nitrogens with one attached hydrogen (secondary N) is 1. The van der Waals surface area contributed by atoms with Crippen LogP contribution in [0.1, 0.15) is 25.7 Å². The molecule has 1 aliphatic rings. The molecule has 0 bridgehead atoms. The molecule has 0 amide bonds. The number of hydrogen-bond acceptors (Lipinski definition) is 3. The molecule has 1 aromatic rings. The average Bonchev–Trinajstić information content (AvgIpc) is 2.73. The molecular formula is C12H18N2O. The molecule has 1 aromatic carbocycles. The number of methoxy groups -OCH3 is 1. The van der Waals surface area contributed by atoms with Crippen molar-refractivity contribution in [3.8, 4) is 5.75 Å². The van der Waals surface area contributed by atoms with Crippen LogP contribution in [0.2, 0.25) is 0 Å². The maximum atomic E-state index is 5.70. The Hall–Kier alpha value is -1.38. The maximum Gasteiger partial charge on any atom is 0.144 e. The standard InChI is InChI=1S/C12H18N2O/c1-15-12-8-9(13)6-7-11(12)14-10-4-2-3-5-10/h6-8,10,14H,2-5,13H2,1H3. The van der Waals surface area contributed by atoms with E-state index in [0.29, 0.717) is 6.04 Å². The Balaban J connectivity index is 2.12. The van der Waals surface area contributed by atoms with Crippen LogP contribution in [0.4, 0.5) is 11.4 Å². The molecule has 0 heterocycles. The molecule has 0 saturated heterocycles. The van der Waals surface area contributed by atoms with Crippen LogP contribution < -0.4 is 15.8 Å². The quantitative estimate of drug-likeness (QED) is 0.747. The van der Waals surface area contributed by atoms with Gasteiger partial charge >= 0.3 is 0 Å². The highest BCUT2D eigenvalue weighted by atomic mass is 16.5. The summed E-state index contributed by atoms with van der Waals surface area (Å²) < 4.78 is 5.29. The zero-order chi connectivity index (χ0) is 10.7. The second-order valence-electron chi connectivity index (χ2n) is 4.09. The Morgan fingerprint density at radius 1 is 1.33 bits per heavy atom. The number of nitrogen functional groups attached to an aromatic ring is 1. The molecule has 1 fully saturated rings. The van der Waals surface area contributed by atoms with Crippen LogP contribution in [-0.4, -0.2) is 13.2 Å². The Labute approximate surface area is 90.6 Å². The van der Waals surface area contributed by atoms with Crippen molar-refractivity contribution in [2.75, 3.05) is 18.2 Å². The van der Waals surface area contributed by atoms with Crippen LogP contribution in [0, 0.1) is 0 Å². The molecule has 3 N–H and O–H groups in total. The molecule has 0 unspecified atom stereocenters. The third kappa shape index (κ3) is 2.35. The molecular weight excluding hydrogens is 188 g/mol. The van der Waals surface area contributed by atoms with Crippen molar-refractivity contribution < 1.29 is 4.74 Å². The van der Waals surface area contributed by atoms with Crippen LogP contribution in [0.3, 0.4) is 0 Å². The predicted molar refractivity (Wildman–Crippen MR) is 63.3 cm³/mol. The molecule has 0 radical (unpaired) electrons. The van der Waals surface area contributed by atoms with Gasteiger partial charge in [0.1, 0.15) is 5.75 Å². The Bertz CT molecular complexity index is 332. The van der Waals surface area contributed by atoms with Gasteiger partial charge in [0, 0.05) is 17.8 Å². The lowest BCUT2D eigenvalue weighted by Crippen LogP contribution is -2.15. The van der Waals surface area contributed by atoms with Crippen molar-refractivity contribution in [1.29, 1.82) is 0 Å². The monoisotopic (exact) mass is 206 g/mol. The van der Waals surface area contributed by atoms with E-state index in [1.807, 2.05) is 18.2 Å². The number of nitrogens with two attached hydrogens (primary N) is 1. The lowest BCUT2D eigenvalue weighted by Gasteiger charge is -2.16. The first kappa shape index (κ1) is 10.1. The third-order valence-corrected chi connectivity index (χ3v) is 2.94. The van der Waals surface area contributed by atoms with Crippen molar-refractivity contribution in [2.24, 2.45) is 0 Å². The molecule has 1 aliphatic carbocycles. The summed E-state index contributed by atoms with van der Waals surface area (Å²) in [6, 6.07) is 6.35. The highest BCUT2D eigenvalue weighted by molar-refractivity contribution is 5.62. The Morgan fingerprint density at radius 2 is 2.07 bits per heavy atom. The molecule has 0 atom stereocenters. The number of anilines is 2. The van der Waals surface area contributed by atoms with E-state index in [1.165, 1.54) is 25.7 Å². The second-order valence-corrected chi connectivity index (χ2v) is 4.09. The van der Waals surface area contributed by atoms with Crippen molar-refractivity contribution >= 4 is 11.4 Å². The van der Waals surface area contributed by atoms with Crippen LogP contribution in [-0.2, 0) is 0 Å². The zero-order valence-corrected chi connectivity index (χ0v) is 9.12. The van der Waals surface area contributed by atoms with E-state index < -0.39 is 0 Å². The lowest BCUT2D eigenvalue weighted by molar-refractivity contribution is 0.416. The summed E-state index contributed by atoms with van der Waals surface area (Å²) in [6.45, 7) is 0. The number of benzene rings is 1. The smallest absolute Gasteiger partial charge is 0.144 e. The van der Waals surface area contributed by atoms with Gasteiger partial charge in [0.05, 0.1) is 12.8 Å². The van der Waals surface area contributed by atoms with Crippen LogP contribution >= 0.6 is 0 Å². The summed E-state index contributed by atoms with van der Waals surface area (Å²) in [7, 11) is 1.68. The fraction of sp³-hybridized carbons (Fsp3) is 0.500. The lowest BCUT2D eigenvalue weighted by atomic mass is 10.2. The van der Waals surface area contributed by atoms with Gasteiger partial charge in [-0.1, -0.05) is 12.8 Å². The molecule has 0 spiro atoms. The topological polar surface area (TPSA) is 47.3 Å². The molecule has 3 heteroatoms. The van der Waals surface area contributed by atoms with Gasteiger partial charge in [-0.3, -0.25) is 0 Å². The van der Waals surface area contributed by atoms with E-state index in [9.17, 15) is 0 Å². The van der Waals surface area contributed by atoms with Crippen molar-refractivity contribution in [1.82, 2.24) is 0 Å². The largest absolute Gasteiger partial charge is 0.495 e. The van der Waals surface area contributed by atoms with Gasteiger partial charge in [-0.05, 0) is 25.0 Å². The fourth-order valence-corrected chi connectivity index (χ4v) is 2.12. The van der Waals surface area contributed by atoms with Crippen LogP contribution in [0.15, 0.2) is 18.2 Å². The summed E-state index contributed by atoms with van der Waals surface area (Å²) in [4.78, 5) is 0. The first-order valence-corrected chi connectivity index (χ1v) is 5.49. The molecule has 2 rings (SSSR count). The third-order valence-electron chi connectivity index (χ3n) is 2.94. The molecule has 0 aromatic heterocycles. The van der Waals surface area contributed by atoms with E-state index in [4.69, 9.17) is 10.5 Å². The zero-order valence-electron chi connectivity index (χ0n) is 9.12. The molecule has 0 aliphatic heterocycles. The summed E-state index contributed by atoms with van der Waals surface area (Å²) >= 11 is 0. The first-order chi connectivity index (χ1) is 7.29. The average molecular weight is 206 g/mol. The number of hydrogen-bond donors (Lipinski definition) is 2. The minimum atomic E-state index is 0.600. The number of ether oxygens (including phenoxy) is 1. The van der Waals surface area contributed by atoms with E-state index in [1.54, 1.807) is 7.11 Å². The molecule has 82 valence electrons. The Kier molecular flexibility index (Phi) is 2.99. The van der Waals surface area contributed by atoms with Gasteiger partial charge in [0.15, 0.2) is 0 Å². The minimum absolute atomic E-state index is 0.600. The van der Waals surface area contributed by atoms with Crippen molar-refractivity contribution in [2.45, 2.75) is 31.7 Å². The predicted octanol–water partition coefficient (Wildman–Crippen LogP) is 2.63. The van der Waals surface area contributed by atoms with Gasteiger partial charge in [-0.2, -0.15) is 0 Å². The molecule has 15 heavy (non-hydrogen) atoms. The fourth-order valence-electron chi connectivity index (χ4n) is 2.12. The van der Waals surface area contributed by atoms with Gasteiger partial charge in [0.25, 0.3) is 0 Å². The van der Waals surface area contributed by atoms with Crippen LogP contribution in [0.25, 0.3) is 0 Å². The van der Waals surface area contributed by atoms with E-state index >= 15 is 0 Å². The highest BCUT2D eigenvalue weighted by Gasteiger charge is 2.15. The summed E-state index contributed by atoms with van der Waals surface area (Å²) in [5.41, 5.74) is 7.50. The first-order valence-electron chi connectivity index (χ1n) is 5.49. The van der Waals surface area contributed by atoms with E-state index in [-0.39, 0.29) is 0 Å². The number of rotatable bonds is 3. The van der Waals surface area contributed by atoms with E-state index in [2.05, 4.69) is 5.32 Å². The second kappa shape index (κ2) is 4.43. The van der Waals surface area contributed by atoms with E-state index in [0.717, 1.165) is 17.1 Å². The SMILES string of the molecule is COc1cc(N)ccc1NC1CCCC1. The van der Waals surface area contributed by atoms with Gasteiger partial charge in [0.2, 0.25) is 0 Å². The summed E-state index contributed by atoms with van der Waals surface area (Å²) in [5, 5.41) is 3.51.